The second kappa shape index (κ2) is 6.42. The number of hydrogen-bond donors (Lipinski definition) is 0. The summed E-state index contributed by atoms with van der Waals surface area (Å²) in [5, 5.41) is 0.191. The molecule has 0 radical (unpaired) electrons. The zero-order valence-corrected chi connectivity index (χ0v) is 11.2. The molecule has 1 unspecified atom stereocenters. The Kier molecular flexibility index (Phi) is 4.87. The van der Waals surface area contributed by atoms with Crippen LogP contribution >= 0.6 is 11.6 Å². The summed E-state index contributed by atoms with van der Waals surface area (Å²) in [7, 11) is 1.74. The van der Waals surface area contributed by atoms with Gasteiger partial charge in [0.05, 0.1) is 12.0 Å². The normalized spacial score (nSPS) is 17.8. The number of benzene rings is 1. The number of rotatable bonds is 6. The third-order valence-electron chi connectivity index (χ3n) is 3.70. The largest absolute Gasteiger partial charge is 0.384 e. The molecule has 1 aliphatic carbocycles. The molecule has 1 saturated carbocycles. The van der Waals surface area contributed by atoms with Crippen LogP contribution in [0.3, 0.4) is 0 Å². The summed E-state index contributed by atoms with van der Waals surface area (Å²) in [6.45, 7) is 0.783. The van der Waals surface area contributed by atoms with Crippen molar-refractivity contribution in [2.45, 2.75) is 37.5 Å². The van der Waals surface area contributed by atoms with Gasteiger partial charge in [-0.05, 0) is 29.9 Å². The standard InChI is InChI=1S/C15H21ClO/c1-17-10-9-12-5-7-14(8-6-12)15(16)11-13-3-2-4-13/h5-8,13,15H,2-4,9-11H2,1H3. The van der Waals surface area contributed by atoms with Crippen LogP contribution in [-0.4, -0.2) is 13.7 Å². The number of methoxy groups -OCH3 is 1. The van der Waals surface area contributed by atoms with E-state index in [4.69, 9.17) is 16.3 Å². The zero-order valence-electron chi connectivity index (χ0n) is 10.5. The number of hydrogen-bond acceptors (Lipinski definition) is 1. The number of halogens is 1. The molecule has 2 rings (SSSR count). The average Bonchev–Trinajstić information content (AvgIpc) is 2.31. The molecule has 0 saturated heterocycles. The zero-order chi connectivity index (χ0) is 12.1. The molecule has 0 bridgehead atoms. The van der Waals surface area contributed by atoms with Gasteiger partial charge in [-0.1, -0.05) is 43.5 Å². The predicted molar refractivity (Wildman–Crippen MR) is 72.6 cm³/mol. The van der Waals surface area contributed by atoms with Crippen molar-refractivity contribution in [3.05, 3.63) is 35.4 Å². The Bertz CT molecular complexity index is 329. The minimum Gasteiger partial charge on any atom is -0.384 e. The molecule has 0 heterocycles. The molecule has 0 N–H and O–H groups in total. The molecular formula is C15H21ClO. The second-order valence-electron chi connectivity index (χ2n) is 4.98. The van der Waals surface area contributed by atoms with Gasteiger partial charge in [-0.25, -0.2) is 0 Å². The average molecular weight is 253 g/mol. The van der Waals surface area contributed by atoms with E-state index >= 15 is 0 Å². The maximum absolute atomic E-state index is 6.45. The highest BCUT2D eigenvalue weighted by atomic mass is 35.5. The van der Waals surface area contributed by atoms with Gasteiger partial charge in [-0.3, -0.25) is 0 Å². The topological polar surface area (TPSA) is 9.23 Å². The summed E-state index contributed by atoms with van der Waals surface area (Å²) >= 11 is 6.45. The van der Waals surface area contributed by atoms with Gasteiger partial charge in [-0.15, -0.1) is 11.6 Å². The molecule has 1 aromatic carbocycles. The highest BCUT2D eigenvalue weighted by Crippen LogP contribution is 2.37. The lowest BCUT2D eigenvalue weighted by Crippen LogP contribution is -2.12. The first-order valence-corrected chi connectivity index (χ1v) is 6.95. The summed E-state index contributed by atoms with van der Waals surface area (Å²) in [5.74, 6) is 0.866. The second-order valence-corrected chi connectivity index (χ2v) is 5.51. The number of alkyl halides is 1. The Hall–Kier alpha value is -0.530. The van der Waals surface area contributed by atoms with Crippen LogP contribution in [0, 0.1) is 5.92 Å². The van der Waals surface area contributed by atoms with Gasteiger partial charge in [0.15, 0.2) is 0 Å². The van der Waals surface area contributed by atoms with Crippen LogP contribution in [0.4, 0.5) is 0 Å². The van der Waals surface area contributed by atoms with Gasteiger partial charge in [0.2, 0.25) is 0 Å². The first-order chi connectivity index (χ1) is 8.29. The molecular weight excluding hydrogens is 232 g/mol. The van der Waals surface area contributed by atoms with Gasteiger partial charge >= 0.3 is 0 Å². The summed E-state index contributed by atoms with van der Waals surface area (Å²) in [6.07, 6.45) is 6.25. The summed E-state index contributed by atoms with van der Waals surface area (Å²) < 4.78 is 5.07. The van der Waals surface area contributed by atoms with Gasteiger partial charge < -0.3 is 4.74 Å². The van der Waals surface area contributed by atoms with E-state index in [9.17, 15) is 0 Å². The third kappa shape index (κ3) is 3.72. The highest BCUT2D eigenvalue weighted by Gasteiger charge is 2.21. The van der Waals surface area contributed by atoms with Crippen molar-refractivity contribution in [1.29, 1.82) is 0 Å². The molecule has 0 spiro atoms. The van der Waals surface area contributed by atoms with E-state index in [0.29, 0.717) is 0 Å². The molecule has 0 amide bonds. The van der Waals surface area contributed by atoms with Crippen molar-refractivity contribution in [1.82, 2.24) is 0 Å². The third-order valence-corrected chi connectivity index (χ3v) is 4.13. The molecule has 1 aromatic rings. The molecule has 17 heavy (non-hydrogen) atoms. The minimum absolute atomic E-state index is 0.191. The van der Waals surface area contributed by atoms with Gasteiger partial charge in [0.25, 0.3) is 0 Å². The maximum atomic E-state index is 6.45. The Labute approximate surface area is 109 Å². The van der Waals surface area contributed by atoms with Crippen molar-refractivity contribution < 1.29 is 4.74 Å². The SMILES string of the molecule is COCCc1ccc(C(Cl)CC2CCC2)cc1. The molecule has 1 atom stereocenters. The first-order valence-electron chi connectivity index (χ1n) is 6.51. The van der Waals surface area contributed by atoms with Crippen molar-refractivity contribution in [2.75, 3.05) is 13.7 Å². The Morgan fingerprint density at radius 1 is 1.29 bits per heavy atom. The van der Waals surface area contributed by atoms with Gasteiger partial charge in [-0.2, -0.15) is 0 Å². The summed E-state index contributed by atoms with van der Waals surface area (Å²) in [4.78, 5) is 0. The molecule has 1 nitrogen and oxygen atoms in total. The van der Waals surface area contributed by atoms with Crippen molar-refractivity contribution in [2.24, 2.45) is 5.92 Å². The maximum Gasteiger partial charge on any atom is 0.0587 e. The molecule has 1 aliphatic rings. The molecule has 2 heteroatoms. The molecule has 0 aromatic heterocycles. The van der Waals surface area contributed by atoms with Crippen molar-refractivity contribution >= 4 is 11.6 Å². The molecule has 0 aliphatic heterocycles. The van der Waals surface area contributed by atoms with Crippen LogP contribution in [0.2, 0.25) is 0 Å². The van der Waals surface area contributed by atoms with Crippen LogP contribution in [0.5, 0.6) is 0 Å². The quantitative estimate of drug-likeness (QED) is 0.684. The molecule has 1 fully saturated rings. The van der Waals surface area contributed by atoms with E-state index in [2.05, 4.69) is 24.3 Å². The van der Waals surface area contributed by atoms with Crippen LogP contribution in [0.1, 0.15) is 42.2 Å². The minimum atomic E-state index is 0.191. The van der Waals surface area contributed by atoms with Crippen molar-refractivity contribution in [3.63, 3.8) is 0 Å². The van der Waals surface area contributed by atoms with E-state index < -0.39 is 0 Å². The van der Waals surface area contributed by atoms with Crippen LogP contribution in [0.25, 0.3) is 0 Å². The van der Waals surface area contributed by atoms with Crippen molar-refractivity contribution in [3.8, 4) is 0 Å². The van der Waals surface area contributed by atoms with Crippen LogP contribution in [-0.2, 0) is 11.2 Å². The van der Waals surface area contributed by atoms with E-state index in [0.717, 1.165) is 25.4 Å². The lowest BCUT2D eigenvalue weighted by Gasteiger charge is -2.27. The fourth-order valence-corrected chi connectivity index (χ4v) is 2.67. The predicted octanol–water partition coefficient (Wildman–Crippen LogP) is 4.35. The van der Waals surface area contributed by atoms with E-state index in [1.165, 1.54) is 30.4 Å². The molecule has 94 valence electrons. The van der Waals surface area contributed by atoms with Gasteiger partial charge in [0.1, 0.15) is 0 Å². The highest BCUT2D eigenvalue weighted by molar-refractivity contribution is 6.20. The fraction of sp³-hybridized carbons (Fsp3) is 0.600. The summed E-state index contributed by atoms with van der Waals surface area (Å²) in [5.41, 5.74) is 2.59. The van der Waals surface area contributed by atoms with E-state index in [1.807, 2.05) is 0 Å². The van der Waals surface area contributed by atoms with E-state index in [-0.39, 0.29) is 5.38 Å². The van der Waals surface area contributed by atoms with E-state index in [1.54, 1.807) is 7.11 Å². The van der Waals surface area contributed by atoms with Crippen LogP contribution in [0.15, 0.2) is 24.3 Å². The monoisotopic (exact) mass is 252 g/mol. The Morgan fingerprint density at radius 3 is 2.53 bits per heavy atom. The van der Waals surface area contributed by atoms with Gasteiger partial charge in [0, 0.05) is 7.11 Å². The Morgan fingerprint density at radius 2 is 2.00 bits per heavy atom. The Balaban J connectivity index is 1.87. The van der Waals surface area contributed by atoms with Crippen LogP contribution < -0.4 is 0 Å². The lowest BCUT2D eigenvalue weighted by molar-refractivity contribution is 0.202. The smallest absolute Gasteiger partial charge is 0.0587 e. The number of ether oxygens (including phenoxy) is 1. The fourth-order valence-electron chi connectivity index (χ4n) is 2.27. The summed E-state index contributed by atoms with van der Waals surface area (Å²) in [6, 6.07) is 8.68. The lowest BCUT2D eigenvalue weighted by atomic mass is 9.81. The first kappa shape index (κ1) is 12.9.